The first-order valence-corrected chi connectivity index (χ1v) is 7.47. The number of nitrogen functional groups attached to an aromatic ring is 1. The molecule has 4 N–H and O–H groups in total. The van der Waals surface area contributed by atoms with Gasteiger partial charge in [-0.3, -0.25) is 9.27 Å². The number of hydrogen-bond acceptors (Lipinski definition) is 2. The molecule has 0 saturated heterocycles. The van der Waals surface area contributed by atoms with Crippen LogP contribution in [0.25, 0.3) is 0 Å². The zero-order chi connectivity index (χ0) is 14.5. The maximum absolute atomic E-state index is 10.7. The van der Waals surface area contributed by atoms with Gasteiger partial charge in [-0.2, -0.15) is 0 Å². The molecule has 2 aromatic carbocycles. The molecule has 2 atom stereocenters. The van der Waals surface area contributed by atoms with Gasteiger partial charge in [-0.05, 0) is 47.7 Å². The van der Waals surface area contributed by atoms with Crippen LogP contribution >= 0.6 is 0 Å². The van der Waals surface area contributed by atoms with Crippen LogP contribution in [0.5, 0.6) is 0 Å². The standard InChI is InChI=1S/C15H18N2O2S/c1-11(13-5-7-14(16)8-6-13)9-12-3-2-4-15(10-12)17-20(18)19/h2-8,10-11,17H,9,16H2,1H3,(H,18,19)/t11-/m0/s1. The van der Waals surface area contributed by atoms with Crippen LogP contribution in [0.4, 0.5) is 11.4 Å². The lowest BCUT2D eigenvalue weighted by atomic mass is 9.93. The van der Waals surface area contributed by atoms with Gasteiger partial charge < -0.3 is 5.73 Å². The van der Waals surface area contributed by atoms with Crippen LogP contribution in [-0.4, -0.2) is 8.76 Å². The summed E-state index contributed by atoms with van der Waals surface area (Å²) in [6.45, 7) is 2.15. The van der Waals surface area contributed by atoms with Crippen LogP contribution in [0, 0.1) is 0 Å². The fraction of sp³-hybridized carbons (Fsp3) is 0.200. The summed E-state index contributed by atoms with van der Waals surface area (Å²) in [4.78, 5) is 0. The Morgan fingerprint density at radius 3 is 2.60 bits per heavy atom. The van der Waals surface area contributed by atoms with Crippen molar-refractivity contribution in [1.29, 1.82) is 0 Å². The Balaban J connectivity index is 2.09. The summed E-state index contributed by atoms with van der Waals surface area (Å²) >= 11 is -2.04. The van der Waals surface area contributed by atoms with E-state index in [4.69, 9.17) is 10.3 Å². The Bertz CT molecular complexity index is 599. The predicted molar refractivity (Wildman–Crippen MR) is 83.8 cm³/mol. The quantitative estimate of drug-likeness (QED) is 0.585. The van der Waals surface area contributed by atoms with Crippen LogP contribution < -0.4 is 10.5 Å². The molecule has 106 valence electrons. The van der Waals surface area contributed by atoms with E-state index in [0.29, 0.717) is 11.6 Å². The van der Waals surface area contributed by atoms with Gasteiger partial charge in [0.25, 0.3) is 11.3 Å². The van der Waals surface area contributed by atoms with E-state index in [1.165, 1.54) is 5.56 Å². The molecule has 1 unspecified atom stereocenters. The third-order valence-electron chi connectivity index (χ3n) is 3.18. The molecule has 20 heavy (non-hydrogen) atoms. The Morgan fingerprint density at radius 1 is 1.25 bits per heavy atom. The molecule has 0 fully saturated rings. The van der Waals surface area contributed by atoms with E-state index >= 15 is 0 Å². The summed E-state index contributed by atoms with van der Waals surface area (Å²) in [7, 11) is 0. The van der Waals surface area contributed by atoms with Gasteiger partial charge in [-0.25, -0.2) is 4.21 Å². The third-order valence-corrected chi connectivity index (χ3v) is 3.59. The van der Waals surface area contributed by atoms with E-state index < -0.39 is 11.3 Å². The summed E-state index contributed by atoms with van der Waals surface area (Å²) in [5, 5.41) is 0. The maximum atomic E-state index is 10.7. The van der Waals surface area contributed by atoms with E-state index in [1.807, 2.05) is 42.5 Å². The first-order chi connectivity index (χ1) is 9.54. The van der Waals surface area contributed by atoms with Crippen molar-refractivity contribution in [1.82, 2.24) is 0 Å². The molecular weight excluding hydrogens is 272 g/mol. The maximum Gasteiger partial charge on any atom is 0.259 e. The van der Waals surface area contributed by atoms with Crippen LogP contribution in [0.2, 0.25) is 0 Å². The highest BCUT2D eigenvalue weighted by atomic mass is 32.2. The van der Waals surface area contributed by atoms with E-state index in [-0.39, 0.29) is 0 Å². The van der Waals surface area contributed by atoms with Gasteiger partial charge in [0, 0.05) is 11.4 Å². The molecule has 0 aliphatic rings. The number of nitrogens with two attached hydrogens (primary N) is 1. The molecule has 0 aliphatic heterocycles. The first kappa shape index (κ1) is 14.6. The van der Waals surface area contributed by atoms with Crippen molar-refractivity contribution in [3.8, 4) is 0 Å². The minimum atomic E-state index is -2.04. The Hall–Kier alpha value is -1.85. The minimum absolute atomic E-state index is 0.352. The van der Waals surface area contributed by atoms with Crippen LogP contribution in [0.1, 0.15) is 24.0 Å². The zero-order valence-electron chi connectivity index (χ0n) is 11.2. The molecule has 0 radical (unpaired) electrons. The summed E-state index contributed by atoms with van der Waals surface area (Å²) in [6, 6.07) is 15.4. The second-order valence-electron chi connectivity index (χ2n) is 4.82. The molecular formula is C15H18N2O2S. The Kier molecular flexibility index (Phi) is 4.76. The van der Waals surface area contributed by atoms with Gasteiger partial charge >= 0.3 is 0 Å². The van der Waals surface area contributed by atoms with Gasteiger partial charge in [-0.1, -0.05) is 31.2 Å². The number of rotatable bonds is 5. The highest BCUT2D eigenvalue weighted by Crippen LogP contribution is 2.22. The van der Waals surface area contributed by atoms with Gasteiger partial charge in [0.1, 0.15) is 0 Å². The van der Waals surface area contributed by atoms with Gasteiger partial charge in [0.2, 0.25) is 0 Å². The molecule has 2 aromatic rings. The SMILES string of the molecule is C[C@@H](Cc1cccc(NS(=O)O)c1)c1ccc(N)cc1. The van der Waals surface area contributed by atoms with Crippen LogP contribution in [0.3, 0.4) is 0 Å². The van der Waals surface area contributed by atoms with Gasteiger partial charge in [-0.15, -0.1) is 0 Å². The molecule has 2 rings (SSSR count). The molecule has 5 heteroatoms. The molecule has 0 saturated carbocycles. The van der Waals surface area contributed by atoms with Crippen molar-refractivity contribution in [3.05, 3.63) is 59.7 Å². The second-order valence-corrected chi connectivity index (χ2v) is 5.53. The number of hydrogen-bond donors (Lipinski definition) is 3. The fourth-order valence-electron chi connectivity index (χ4n) is 2.16. The van der Waals surface area contributed by atoms with Crippen molar-refractivity contribution in [2.75, 3.05) is 10.5 Å². The fourth-order valence-corrected chi connectivity index (χ4v) is 2.49. The van der Waals surface area contributed by atoms with Crippen molar-refractivity contribution in [2.45, 2.75) is 19.3 Å². The van der Waals surface area contributed by atoms with Crippen LogP contribution in [0.15, 0.2) is 48.5 Å². The number of nitrogens with one attached hydrogen (secondary N) is 1. The van der Waals surface area contributed by atoms with Crippen molar-refractivity contribution >= 4 is 22.6 Å². The van der Waals surface area contributed by atoms with E-state index in [1.54, 1.807) is 6.07 Å². The molecule has 0 aromatic heterocycles. The highest BCUT2D eigenvalue weighted by molar-refractivity contribution is 7.80. The average Bonchev–Trinajstić information content (AvgIpc) is 2.39. The molecule has 0 heterocycles. The van der Waals surface area contributed by atoms with Crippen LogP contribution in [-0.2, 0) is 17.7 Å². The molecule has 0 amide bonds. The van der Waals surface area contributed by atoms with Crippen molar-refractivity contribution in [2.24, 2.45) is 0 Å². The smallest absolute Gasteiger partial charge is 0.259 e. The molecule has 4 nitrogen and oxygen atoms in total. The topological polar surface area (TPSA) is 75.3 Å². The summed E-state index contributed by atoms with van der Waals surface area (Å²) < 4.78 is 22.1. The first-order valence-electron chi connectivity index (χ1n) is 6.36. The summed E-state index contributed by atoms with van der Waals surface area (Å²) in [5.41, 5.74) is 9.43. The third kappa shape index (κ3) is 4.08. The van der Waals surface area contributed by atoms with Gasteiger partial charge in [0.05, 0.1) is 0 Å². The average molecular weight is 290 g/mol. The Morgan fingerprint density at radius 2 is 1.95 bits per heavy atom. The molecule has 0 spiro atoms. The van der Waals surface area contributed by atoms with Crippen molar-refractivity contribution in [3.63, 3.8) is 0 Å². The van der Waals surface area contributed by atoms with Gasteiger partial charge in [0.15, 0.2) is 0 Å². The highest BCUT2D eigenvalue weighted by Gasteiger charge is 2.07. The summed E-state index contributed by atoms with van der Waals surface area (Å²) in [6.07, 6.45) is 0.859. The molecule has 0 bridgehead atoms. The lowest BCUT2D eigenvalue weighted by Gasteiger charge is -2.13. The van der Waals surface area contributed by atoms with E-state index in [0.717, 1.165) is 17.7 Å². The minimum Gasteiger partial charge on any atom is -0.399 e. The lowest BCUT2D eigenvalue weighted by Crippen LogP contribution is -2.03. The Labute approximate surface area is 121 Å². The number of anilines is 2. The lowest BCUT2D eigenvalue weighted by molar-refractivity contribution is 0.570. The monoisotopic (exact) mass is 290 g/mol. The second kappa shape index (κ2) is 6.54. The van der Waals surface area contributed by atoms with E-state index in [9.17, 15) is 4.21 Å². The summed E-state index contributed by atoms with van der Waals surface area (Å²) in [5.74, 6) is 0.352. The normalized spacial score (nSPS) is 13.7. The predicted octanol–water partition coefficient (Wildman–Crippen LogP) is 3.16. The van der Waals surface area contributed by atoms with E-state index in [2.05, 4.69) is 11.6 Å². The largest absolute Gasteiger partial charge is 0.399 e. The molecule has 0 aliphatic carbocycles. The zero-order valence-corrected chi connectivity index (χ0v) is 12.1. The number of benzene rings is 2. The van der Waals surface area contributed by atoms with Crippen molar-refractivity contribution < 1.29 is 8.76 Å².